The van der Waals surface area contributed by atoms with Crippen LogP contribution in [0.5, 0.6) is 11.5 Å². The maximum absolute atomic E-state index is 6.35. The number of rotatable bonds is 25. The van der Waals surface area contributed by atoms with E-state index >= 15 is 0 Å². The highest BCUT2D eigenvalue weighted by molar-refractivity contribution is 7.20. The zero-order valence-corrected chi connectivity index (χ0v) is 25.1. The average Bonchev–Trinajstić information content (AvgIpc) is 3.56. The summed E-state index contributed by atoms with van der Waals surface area (Å²) in [4.78, 5) is 2.52. The second kappa shape index (κ2) is 22.0. The lowest BCUT2D eigenvalue weighted by atomic mass is 10.1. The van der Waals surface area contributed by atoms with Crippen molar-refractivity contribution in [1.82, 2.24) is 0 Å². The van der Waals surface area contributed by atoms with Crippen molar-refractivity contribution in [2.24, 2.45) is 0 Å². The predicted octanol–water partition coefficient (Wildman–Crippen LogP) is 12.1. The van der Waals surface area contributed by atoms with Crippen LogP contribution in [0.2, 0.25) is 0 Å². The van der Waals surface area contributed by atoms with E-state index in [0.29, 0.717) is 0 Å². The lowest BCUT2D eigenvalue weighted by Crippen LogP contribution is -2.02. The highest BCUT2D eigenvalue weighted by Crippen LogP contribution is 2.46. The fourth-order valence-corrected chi connectivity index (χ4v) is 6.48. The van der Waals surface area contributed by atoms with E-state index in [2.05, 4.69) is 36.7 Å². The Balaban J connectivity index is 1.62. The molecule has 36 heavy (non-hydrogen) atoms. The Kier molecular flexibility index (Phi) is 19.1. The van der Waals surface area contributed by atoms with Gasteiger partial charge in [0, 0.05) is 10.3 Å². The molecule has 0 spiro atoms. The van der Waals surface area contributed by atoms with Crippen molar-refractivity contribution in [1.29, 1.82) is 0 Å². The number of thiophene rings is 2. The van der Waals surface area contributed by atoms with Gasteiger partial charge in [-0.1, -0.05) is 135 Å². The monoisotopic (exact) mass is 534 g/mol. The molecule has 0 saturated carbocycles. The Bertz CT molecular complexity index is 723. The molecule has 4 heteroatoms. The quantitative estimate of drug-likeness (QED) is 0.118. The van der Waals surface area contributed by atoms with Gasteiger partial charge < -0.3 is 9.47 Å². The van der Waals surface area contributed by atoms with Gasteiger partial charge in [-0.15, -0.1) is 22.7 Å². The summed E-state index contributed by atoms with van der Waals surface area (Å²) in [6.45, 7) is 6.16. The van der Waals surface area contributed by atoms with E-state index in [-0.39, 0.29) is 0 Å². The van der Waals surface area contributed by atoms with Gasteiger partial charge in [0.05, 0.1) is 18.1 Å². The molecule has 0 bridgehead atoms. The summed E-state index contributed by atoms with van der Waals surface area (Å²) in [5, 5.41) is 4.30. The number of hydrogen-bond acceptors (Lipinski definition) is 4. The zero-order chi connectivity index (χ0) is 25.5. The smallest absolute Gasteiger partial charge is 0.180 e. The molecule has 0 unspecified atom stereocenters. The van der Waals surface area contributed by atoms with Crippen molar-refractivity contribution < 1.29 is 9.47 Å². The van der Waals surface area contributed by atoms with Gasteiger partial charge in [-0.05, 0) is 24.3 Å². The normalized spacial score (nSPS) is 11.3. The fraction of sp³-hybridized carbons (Fsp3) is 0.750. The molecule has 0 fully saturated rings. The summed E-state index contributed by atoms with van der Waals surface area (Å²) >= 11 is 3.54. The first kappa shape index (κ1) is 31.2. The zero-order valence-electron chi connectivity index (χ0n) is 23.5. The van der Waals surface area contributed by atoms with Gasteiger partial charge in [0.15, 0.2) is 11.5 Å². The summed E-state index contributed by atoms with van der Waals surface area (Å²) in [5.41, 5.74) is 0. The van der Waals surface area contributed by atoms with E-state index < -0.39 is 0 Å². The first-order valence-corrected chi connectivity index (χ1v) is 17.0. The molecular weight excluding hydrogens is 480 g/mol. The molecule has 0 radical (unpaired) electrons. The average molecular weight is 535 g/mol. The van der Waals surface area contributed by atoms with E-state index in [0.717, 1.165) is 37.6 Å². The first-order chi connectivity index (χ1) is 17.9. The minimum atomic E-state index is 0.792. The highest BCUT2D eigenvalue weighted by atomic mass is 32.1. The van der Waals surface area contributed by atoms with E-state index in [1.165, 1.54) is 125 Å². The number of unbranched alkanes of at least 4 members (excludes halogenated alkanes) is 18. The molecule has 0 amide bonds. The molecule has 0 aliphatic carbocycles. The van der Waals surface area contributed by atoms with Crippen LogP contribution in [0, 0.1) is 0 Å². The Morgan fingerprint density at radius 1 is 0.556 bits per heavy atom. The summed E-state index contributed by atoms with van der Waals surface area (Å²) in [6, 6.07) is 4.31. The number of hydrogen-bond donors (Lipinski definition) is 0. The van der Waals surface area contributed by atoms with Crippen LogP contribution in [0.3, 0.4) is 0 Å². The summed E-state index contributed by atoms with van der Waals surface area (Å²) in [6.07, 6.45) is 27.0. The van der Waals surface area contributed by atoms with Crippen LogP contribution >= 0.6 is 22.7 Å². The predicted molar refractivity (Wildman–Crippen MR) is 162 cm³/mol. The molecule has 2 aromatic rings. The first-order valence-electron chi connectivity index (χ1n) is 15.3. The van der Waals surface area contributed by atoms with Crippen LogP contribution in [0.1, 0.15) is 142 Å². The summed E-state index contributed by atoms with van der Waals surface area (Å²) in [5.74, 6) is 1.93. The second-order valence-electron chi connectivity index (χ2n) is 10.3. The SMILES string of the molecule is CCCCCCCCCCCCOc1csc(-c2cccs2)c1OCCCCCCCCCCCC. The van der Waals surface area contributed by atoms with Crippen LogP contribution in [-0.2, 0) is 0 Å². The van der Waals surface area contributed by atoms with E-state index in [1.54, 1.807) is 22.7 Å². The van der Waals surface area contributed by atoms with Crippen LogP contribution in [-0.4, -0.2) is 13.2 Å². The van der Waals surface area contributed by atoms with E-state index in [4.69, 9.17) is 9.47 Å². The lowest BCUT2D eigenvalue weighted by Gasteiger charge is -2.11. The van der Waals surface area contributed by atoms with Gasteiger partial charge in [-0.25, -0.2) is 0 Å². The van der Waals surface area contributed by atoms with Crippen LogP contribution < -0.4 is 9.47 Å². The van der Waals surface area contributed by atoms with Gasteiger partial charge in [0.2, 0.25) is 0 Å². The topological polar surface area (TPSA) is 18.5 Å². The molecule has 0 atom stereocenters. The molecule has 0 N–H and O–H groups in total. The van der Waals surface area contributed by atoms with Gasteiger partial charge in [-0.3, -0.25) is 0 Å². The van der Waals surface area contributed by atoms with Crippen molar-refractivity contribution in [2.45, 2.75) is 142 Å². The largest absolute Gasteiger partial charge is 0.489 e. The Labute approximate surface area is 231 Å². The van der Waals surface area contributed by atoms with Gasteiger partial charge in [0.1, 0.15) is 0 Å². The molecule has 2 heterocycles. The fourth-order valence-electron chi connectivity index (χ4n) is 4.68. The van der Waals surface area contributed by atoms with Crippen molar-refractivity contribution >= 4 is 22.7 Å². The van der Waals surface area contributed by atoms with Crippen molar-refractivity contribution in [2.75, 3.05) is 13.2 Å². The van der Waals surface area contributed by atoms with Gasteiger partial charge in [-0.2, -0.15) is 0 Å². The van der Waals surface area contributed by atoms with E-state index in [9.17, 15) is 0 Å². The van der Waals surface area contributed by atoms with Crippen molar-refractivity contribution in [3.05, 3.63) is 22.9 Å². The maximum Gasteiger partial charge on any atom is 0.180 e. The third-order valence-electron chi connectivity index (χ3n) is 6.96. The molecule has 0 aliphatic rings. The van der Waals surface area contributed by atoms with E-state index in [1.807, 2.05) is 0 Å². The Morgan fingerprint density at radius 3 is 1.50 bits per heavy atom. The summed E-state index contributed by atoms with van der Waals surface area (Å²) < 4.78 is 12.6. The highest BCUT2D eigenvalue weighted by Gasteiger charge is 2.17. The van der Waals surface area contributed by atoms with Gasteiger partial charge >= 0.3 is 0 Å². The standard InChI is InChI=1S/C32H54O2S2/c1-3-5-7-9-11-13-15-17-19-21-25-33-29-28-36-32(30-24-23-27-35-30)31(29)34-26-22-20-18-16-14-12-10-8-6-4-2/h23-24,27-28H,3-22,25-26H2,1-2H3. The number of ether oxygens (including phenoxy) is 2. The molecule has 0 aliphatic heterocycles. The molecule has 2 nitrogen and oxygen atoms in total. The third kappa shape index (κ3) is 14.1. The molecule has 2 aromatic heterocycles. The van der Waals surface area contributed by atoms with Crippen LogP contribution in [0.25, 0.3) is 9.75 Å². The molecule has 0 saturated heterocycles. The molecular formula is C32H54O2S2. The van der Waals surface area contributed by atoms with Gasteiger partial charge in [0.25, 0.3) is 0 Å². The van der Waals surface area contributed by atoms with Crippen molar-refractivity contribution in [3.8, 4) is 21.3 Å². The minimum Gasteiger partial charge on any atom is -0.489 e. The molecule has 206 valence electrons. The van der Waals surface area contributed by atoms with Crippen LogP contribution in [0.4, 0.5) is 0 Å². The Hall–Kier alpha value is -1.00. The lowest BCUT2D eigenvalue weighted by molar-refractivity contribution is 0.261. The Morgan fingerprint density at radius 2 is 1.03 bits per heavy atom. The third-order valence-corrected chi connectivity index (χ3v) is 8.95. The maximum atomic E-state index is 6.35. The summed E-state index contributed by atoms with van der Waals surface area (Å²) in [7, 11) is 0. The van der Waals surface area contributed by atoms with Crippen molar-refractivity contribution in [3.63, 3.8) is 0 Å². The molecule has 2 rings (SSSR count). The molecule has 0 aromatic carbocycles. The second-order valence-corrected chi connectivity index (χ2v) is 12.1. The minimum absolute atomic E-state index is 0.792. The van der Waals surface area contributed by atoms with Crippen LogP contribution in [0.15, 0.2) is 22.9 Å².